The number of hydrogen-bond donors (Lipinski definition) is 1. The molecule has 2 aromatic rings. The van der Waals surface area contributed by atoms with Gasteiger partial charge in [-0.2, -0.15) is 10.1 Å². The summed E-state index contributed by atoms with van der Waals surface area (Å²) < 4.78 is 7.33. The van der Waals surface area contributed by atoms with Crippen molar-refractivity contribution in [2.75, 3.05) is 0 Å². The Morgan fingerprint density at radius 1 is 1.52 bits per heavy atom. The zero-order chi connectivity index (χ0) is 15.0. The van der Waals surface area contributed by atoms with Crippen LogP contribution in [0.3, 0.4) is 0 Å². The van der Waals surface area contributed by atoms with Gasteiger partial charge in [-0.25, -0.2) is 0 Å². The maximum absolute atomic E-state index is 6.53. The van der Waals surface area contributed by atoms with Gasteiger partial charge in [0.05, 0.1) is 11.2 Å². The van der Waals surface area contributed by atoms with E-state index in [1.165, 1.54) is 6.42 Å². The molecule has 6 nitrogen and oxygen atoms in total. The van der Waals surface area contributed by atoms with Crippen LogP contribution in [0.4, 0.5) is 0 Å². The van der Waals surface area contributed by atoms with E-state index in [9.17, 15) is 0 Å². The van der Waals surface area contributed by atoms with Gasteiger partial charge in [0.25, 0.3) is 5.89 Å². The zero-order valence-electron chi connectivity index (χ0n) is 13.0. The lowest BCUT2D eigenvalue weighted by Gasteiger charge is -2.33. The Morgan fingerprint density at radius 2 is 2.33 bits per heavy atom. The smallest absolute Gasteiger partial charge is 0.276 e. The van der Waals surface area contributed by atoms with Crippen molar-refractivity contribution in [2.24, 2.45) is 11.7 Å². The van der Waals surface area contributed by atoms with Crippen LogP contribution < -0.4 is 5.73 Å². The fourth-order valence-corrected chi connectivity index (χ4v) is 3.28. The molecule has 6 heteroatoms. The van der Waals surface area contributed by atoms with Crippen molar-refractivity contribution in [1.82, 2.24) is 19.9 Å². The van der Waals surface area contributed by atoms with Gasteiger partial charge < -0.3 is 10.3 Å². The van der Waals surface area contributed by atoms with Gasteiger partial charge in [0.15, 0.2) is 5.82 Å². The third-order valence-electron chi connectivity index (χ3n) is 4.32. The van der Waals surface area contributed by atoms with Gasteiger partial charge in [0.1, 0.15) is 5.69 Å². The molecule has 1 saturated carbocycles. The minimum Gasteiger partial charge on any atom is -0.332 e. The first-order valence-corrected chi connectivity index (χ1v) is 7.70. The highest BCUT2D eigenvalue weighted by Gasteiger charge is 2.37. The number of rotatable bonds is 3. The van der Waals surface area contributed by atoms with Gasteiger partial charge in [0, 0.05) is 6.54 Å². The van der Waals surface area contributed by atoms with Crippen molar-refractivity contribution in [3.8, 4) is 11.6 Å². The second-order valence-corrected chi connectivity index (χ2v) is 6.27. The van der Waals surface area contributed by atoms with E-state index >= 15 is 0 Å². The number of hydrogen-bond acceptors (Lipinski definition) is 5. The molecule has 2 aromatic heterocycles. The molecular formula is C15H23N5O. The largest absolute Gasteiger partial charge is 0.332 e. The van der Waals surface area contributed by atoms with Crippen molar-refractivity contribution < 1.29 is 4.52 Å². The standard InChI is InChI=1S/C15H23N5O/c1-4-20-12(8-11(3)18-20)13-17-14(19-21-13)15(16)7-5-6-10(2)9-15/h8,10H,4-7,9,16H2,1-3H3. The second-order valence-electron chi connectivity index (χ2n) is 6.27. The molecule has 1 aliphatic carbocycles. The minimum absolute atomic E-state index is 0.453. The quantitative estimate of drug-likeness (QED) is 0.939. The summed E-state index contributed by atoms with van der Waals surface area (Å²) in [5.74, 6) is 1.75. The Morgan fingerprint density at radius 3 is 3.05 bits per heavy atom. The van der Waals surface area contributed by atoms with Crippen molar-refractivity contribution in [3.05, 3.63) is 17.6 Å². The SMILES string of the molecule is CCn1nc(C)cc1-c1nc(C2(N)CCCC(C)C2)no1. The number of aromatic nitrogens is 4. The monoisotopic (exact) mass is 289 g/mol. The minimum atomic E-state index is -0.453. The maximum atomic E-state index is 6.53. The van der Waals surface area contributed by atoms with E-state index in [1.54, 1.807) is 0 Å². The molecule has 2 N–H and O–H groups in total. The lowest BCUT2D eigenvalue weighted by molar-refractivity contribution is 0.222. The summed E-state index contributed by atoms with van der Waals surface area (Å²) in [6, 6.07) is 1.97. The molecular weight excluding hydrogens is 266 g/mol. The van der Waals surface area contributed by atoms with Gasteiger partial charge in [-0.15, -0.1) is 0 Å². The molecule has 114 valence electrons. The van der Waals surface area contributed by atoms with Crippen LogP contribution in [0.5, 0.6) is 0 Å². The molecule has 1 fully saturated rings. The lowest BCUT2D eigenvalue weighted by Crippen LogP contribution is -2.42. The number of aryl methyl sites for hydroxylation is 2. The second kappa shape index (κ2) is 5.26. The van der Waals surface area contributed by atoms with Crippen LogP contribution in [0, 0.1) is 12.8 Å². The molecule has 2 atom stereocenters. The fraction of sp³-hybridized carbons (Fsp3) is 0.667. The molecule has 3 rings (SSSR count). The molecule has 2 unspecified atom stereocenters. The van der Waals surface area contributed by atoms with Gasteiger partial charge in [-0.05, 0) is 38.7 Å². The van der Waals surface area contributed by atoms with Crippen molar-refractivity contribution in [1.29, 1.82) is 0 Å². The van der Waals surface area contributed by atoms with E-state index in [1.807, 2.05) is 24.6 Å². The van der Waals surface area contributed by atoms with Crippen molar-refractivity contribution in [3.63, 3.8) is 0 Å². The molecule has 0 aliphatic heterocycles. The van der Waals surface area contributed by atoms with Crippen LogP contribution in [0.15, 0.2) is 10.6 Å². The number of nitrogens with zero attached hydrogens (tertiary/aromatic N) is 4. The Hall–Kier alpha value is -1.69. The summed E-state index contributed by atoms with van der Waals surface area (Å²) >= 11 is 0. The third kappa shape index (κ3) is 2.60. The van der Waals surface area contributed by atoms with E-state index in [2.05, 4.69) is 22.2 Å². The van der Waals surface area contributed by atoms with Crippen LogP contribution in [0.25, 0.3) is 11.6 Å². The van der Waals surface area contributed by atoms with Crippen LogP contribution in [-0.4, -0.2) is 19.9 Å². The van der Waals surface area contributed by atoms with Crippen LogP contribution in [0.2, 0.25) is 0 Å². The van der Waals surface area contributed by atoms with Crippen molar-refractivity contribution >= 4 is 0 Å². The van der Waals surface area contributed by atoms with Crippen LogP contribution >= 0.6 is 0 Å². The van der Waals surface area contributed by atoms with Gasteiger partial charge in [-0.1, -0.05) is 24.9 Å². The number of nitrogens with two attached hydrogens (primary N) is 1. The molecule has 0 bridgehead atoms. The summed E-state index contributed by atoms with van der Waals surface area (Å²) in [7, 11) is 0. The van der Waals surface area contributed by atoms with E-state index in [0.717, 1.165) is 37.2 Å². The zero-order valence-corrected chi connectivity index (χ0v) is 13.0. The first kappa shape index (κ1) is 14.3. The Kier molecular flexibility index (Phi) is 3.57. The highest BCUT2D eigenvalue weighted by Crippen LogP contribution is 2.37. The predicted molar refractivity (Wildman–Crippen MR) is 79.4 cm³/mol. The molecule has 21 heavy (non-hydrogen) atoms. The molecule has 0 saturated heterocycles. The Balaban J connectivity index is 1.92. The van der Waals surface area contributed by atoms with Gasteiger partial charge in [0.2, 0.25) is 0 Å². The van der Waals surface area contributed by atoms with Crippen LogP contribution in [0.1, 0.15) is 51.0 Å². The Labute approximate surface area is 124 Å². The fourth-order valence-electron chi connectivity index (χ4n) is 3.28. The lowest BCUT2D eigenvalue weighted by atomic mass is 9.76. The van der Waals surface area contributed by atoms with Crippen molar-refractivity contribution in [2.45, 2.75) is 58.5 Å². The highest BCUT2D eigenvalue weighted by atomic mass is 16.5. The summed E-state index contributed by atoms with van der Waals surface area (Å²) in [6.07, 6.45) is 4.18. The summed E-state index contributed by atoms with van der Waals surface area (Å²) in [5, 5.41) is 8.57. The first-order valence-electron chi connectivity index (χ1n) is 7.70. The predicted octanol–water partition coefficient (Wildman–Crippen LogP) is 2.63. The normalized spacial score (nSPS) is 26.2. The van der Waals surface area contributed by atoms with E-state index in [4.69, 9.17) is 10.3 Å². The molecule has 0 radical (unpaired) electrons. The topological polar surface area (TPSA) is 82.8 Å². The van der Waals surface area contributed by atoms with Crippen LogP contribution in [-0.2, 0) is 12.1 Å². The van der Waals surface area contributed by atoms with Gasteiger partial charge in [-0.3, -0.25) is 4.68 Å². The molecule has 0 aromatic carbocycles. The first-order chi connectivity index (χ1) is 10.0. The average Bonchev–Trinajstić information content (AvgIpc) is 3.04. The third-order valence-corrected chi connectivity index (χ3v) is 4.32. The van der Waals surface area contributed by atoms with Gasteiger partial charge >= 0.3 is 0 Å². The molecule has 0 spiro atoms. The maximum Gasteiger partial charge on any atom is 0.276 e. The van der Waals surface area contributed by atoms with E-state index < -0.39 is 5.54 Å². The summed E-state index contributed by atoms with van der Waals surface area (Å²) in [6.45, 7) is 7.00. The van der Waals surface area contributed by atoms with E-state index in [-0.39, 0.29) is 0 Å². The molecule has 1 aliphatic rings. The summed E-state index contributed by atoms with van der Waals surface area (Å²) in [5.41, 5.74) is 7.88. The average molecular weight is 289 g/mol. The highest BCUT2D eigenvalue weighted by molar-refractivity contribution is 5.48. The molecule has 2 heterocycles. The Bertz CT molecular complexity index is 632. The molecule has 0 amide bonds. The van der Waals surface area contributed by atoms with E-state index in [0.29, 0.717) is 17.6 Å². The summed E-state index contributed by atoms with van der Waals surface area (Å²) in [4.78, 5) is 4.57.